The average molecular weight is 604 g/mol. The summed E-state index contributed by atoms with van der Waals surface area (Å²) in [4.78, 5) is 42.7. The number of carbonyl (C=O) groups excluding carboxylic acids is 3. The molecule has 1 aliphatic heterocycles. The summed E-state index contributed by atoms with van der Waals surface area (Å²) in [5.74, 6) is 0.0676. The van der Waals surface area contributed by atoms with Crippen molar-refractivity contribution in [3.05, 3.63) is 112 Å². The summed E-state index contributed by atoms with van der Waals surface area (Å²) in [6.07, 6.45) is 0.958. The van der Waals surface area contributed by atoms with Gasteiger partial charge in [0.15, 0.2) is 0 Å². The molecule has 3 aromatic carbocycles. The number of carbonyl (C=O) groups is 3. The highest BCUT2D eigenvalue weighted by Gasteiger charge is 2.38. The van der Waals surface area contributed by atoms with Crippen LogP contribution in [0.2, 0.25) is 5.02 Å². The number of amides is 3. The van der Waals surface area contributed by atoms with Gasteiger partial charge in [0, 0.05) is 42.8 Å². The van der Waals surface area contributed by atoms with Crippen LogP contribution in [0, 0.1) is 0 Å². The van der Waals surface area contributed by atoms with Crippen LogP contribution in [0.15, 0.2) is 90.1 Å². The highest BCUT2D eigenvalue weighted by molar-refractivity contribution is 6.30. The van der Waals surface area contributed by atoms with Gasteiger partial charge in [0.2, 0.25) is 0 Å². The largest absolute Gasteiger partial charge is 0.493 e. The molecule has 8 nitrogen and oxygen atoms in total. The topological polar surface area (TPSA) is 88.2 Å². The molecule has 0 aromatic heterocycles. The Bertz CT molecular complexity index is 1460. The molecule has 1 N–H and O–H groups in total. The first kappa shape index (κ1) is 31.6. The van der Waals surface area contributed by atoms with Crippen molar-refractivity contribution in [3.63, 3.8) is 0 Å². The van der Waals surface area contributed by atoms with Crippen LogP contribution in [0.4, 0.5) is 4.79 Å². The minimum absolute atomic E-state index is 0.137. The number of allylic oxidation sites excluding steroid dienone is 1. The molecule has 9 heteroatoms. The van der Waals surface area contributed by atoms with E-state index in [1.807, 2.05) is 24.3 Å². The number of nitrogens with zero attached hydrogens (tertiary/aromatic N) is 2. The Morgan fingerprint density at radius 2 is 1.74 bits per heavy atom. The molecule has 4 rings (SSSR count). The highest BCUT2D eigenvalue weighted by atomic mass is 35.5. The Hall–Kier alpha value is -4.30. The summed E-state index contributed by atoms with van der Waals surface area (Å²) < 4.78 is 11.4. The van der Waals surface area contributed by atoms with Gasteiger partial charge < -0.3 is 24.6 Å². The molecule has 0 saturated heterocycles. The van der Waals surface area contributed by atoms with Crippen molar-refractivity contribution < 1.29 is 23.9 Å². The normalized spacial score (nSPS) is 14.9. The summed E-state index contributed by atoms with van der Waals surface area (Å²) in [6.45, 7) is 6.48. The second-order valence-electron chi connectivity index (χ2n) is 10.8. The summed E-state index contributed by atoms with van der Waals surface area (Å²) in [5.41, 5.74) is 3.24. The SMILES string of the molecule is CC1=C(C(=O)OC(C)C)C(c2cccc(Cl)c2)N(CCCN(C)C(=O)c2ccc(OCCc3ccccc3)cc2)C(=O)N1. The lowest BCUT2D eigenvalue weighted by atomic mass is 9.93. The van der Waals surface area contributed by atoms with Gasteiger partial charge in [-0.3, -0.25) is 4.79 Å². The minimum Gasteiger partial charge on any atom is -0.493 e. The molecule has 0 fully saturated rings. The van der Waals surface area contributed by atoms with Gasteiger partial charge in [0.05, 0.1) is 24.3 Å². The van der Waals surface area contributed by atoms with Crippen molar-refractivity contribution in [2.45, 2.75) is 45.8 Å². The second kappa shape index (κ2) is 14.7. The first-order valence-electron chi connectivity index (χ1n) is 14.4. The van der Waals surface area contributed by atoms with Crippen molar-refractivity contribution in [1.82, 2.24) is 15.1 Å². The van der Waals surface area contributed by atoms with Crippen molar-refractivity contribution >= 4 is 29.5 Å². The maximum Gasteiger partial charge on any atom is 0.338 e. The zero-order chi connectivity index (χ0) is 30.9. The Balaban J connectivity index is 1.39. The van der Waals surface area contributed by atoms with Gasteiger partial charge >= 0.3 is 12.0 Å². The second-order valence-corrected chi connectivity index (χ2v) is 11.2. The highest BCUT2D eigenvalue weighted by Crippen LogP contribution is 2.35. The van der Waals surface area contributed by atoms with E-state index in [2.05, 4.69) is 17.4 Å². The molecule has 43 heavy (non-hydrogen) atoms. The van der Waals surface area contributed by atoms with Gasteiger partial charge in [-0.2, -0.15) is 0 Å². The molecule has 3 aromatic rings. The lowest BCUT2D eigenvalue weighted by Crippen LogP contribution is -2.49. The predicted molar refractivity (Wildman–Crippen MR) is 167 cm³/mol. The maximum atomic E-state index is 13.2. The molecule has 0 saturated carbocycles. The van der Waals surface area contributed by atoms with E-state index in [4.69, 9.17) is 21.1 Å². The van der Waals surface area contributed by atoms with E-state index < -0.39 is 12.0 Å². The molecule has 226 valence electrons. The van der Waals surface area contributed by atoms with Gasteiger partial charge in [-0.1, -0.05) is 54.1 Å². The molecule has 1 atom stereocenters. The summed E-state index contributed by atoms with van der Waals surface area (Å²) in [7, 11) is 1.73. The van der Waals surface area contributed by atoms with E-state index >= 15 is 0 Å². The van der Waals surface area contributed by atoms with Gasteiger partial charge in [-0.05, 0) is 74.7 Å². The lowest BCUT2D eigenvalue weighted by Gasteiger charge is -2.38. The number of halogens is 1. The Morgan fingerprint density at radius 1 is 1.02 bits per heavy atom. The smallest absolute Gasteiger partial charge is 0.338 e. The molecule has 1 unspecified atom stereocenters. The van der Waals surface area contributed by atoms with Crippen LogP contribution in [0.3, 0.4) is 0 Å². The molecule has 0 aliphatic carbocycles. The molecule has 0 bridgehead atoms. The first-order chi connectivity index (χ1) is 20.6. The quantitative estimate of drug-likeness (QED) is 0.242. The van der Waals surface area contributed by atoms with Crippen LogP contribution in [-0.4, -0.2) is 60.6 Å². The Kier molecular flexibility index (Phi) is 10.8. The van der Waals surface area contributed by atoms with Crippen LogP contribution in [-0.2, 0) is 16.0 Å². The molecule has 3 amide bonds. The van der Waals surface area contributed by atoms with E-state index in [0.717, 1.165) is 6.42 Å². The summed E-state index contributed by atoms with van der Waals surface area (Å²) >= 11 is 6.29. The zero-order valence-corrected chi connectivity index (χ0v) is 25.8. The third-order valence-corrected chi connectivity index (χ3v) is 7.35. The average Bonchev–Trinajstić information content (AvgIpc) is 2.98. The fraction of sp³-hybridized carbons (Fsp3) is 0.324. The number of ether oxygens (including phenoxy) is 2. The van der Waals surface area contributed by atoms with Gasteiger partial charge in [-0.25, -0.2) is 9.59 Å². The summed E-state index contributed by atoms with van der Waals surface area (Å²) in [5, 5.41) is 3.30. The van der Waals surface area contributed by atoms with Crippen LogP contribution in [0.1, 0.15) is 54.7 Å². The van der Waals surface area contributed by atoms with Gasteiger partial charge in [0.25, 0.3) is 5.91 Å². The van der Waals surface area contributed by atoms with Crippen molar-refractivity contribution in [2.75, 3.05) is 26.7 Å². The van der Waals surface area contributed by atoms with E-state index in [1.54, 1.807) is 80.1 Å². The number of hydrogen-bond acceptors (Lipinski definition) is 5. The van der Waals surface area contributed by atoms with Crippen molar-refractivity contribution in [1.29, 1.82) is 0 Å². The Morgan fingerprint density at radius 3 is 2.42 bits per heavy atom. The number of urea groups is 1. The molecule has 1 heterocycles. The molecule has 1 aliphatic rings. The number of nitrogens with one attached hydrogen (secondary N) is 1. The minimum atomic E-state index is -0.686. The van der Waals surface area contributed by atoms with Crippen LogP contribution in [0.25, 0.3) is 0 Å². The number of hydrogen-bond donors (Lipinski definition) is 1. The van der Waals surface area contributed by atoms with Crippen LogP contribution in [0.5, 0.6) is 5.75 Å². The molecular weight excluding hydrogens is 566 g/mol. The Labute approximate surface area is 258 Å². The van der Waals surface area contributed by atoms with Gasteiger partial charge in [-0.15, -0.1) is 0 Å². The third-order valence-electron chi connectivity index (χ3n) is 7.11. The first-order valence-corrected chi connectivity index (χ1v) is 14.8. The fourth-order valence-electron chi connectivity index (χ4n) is 5.00. The number of benzene rings is 3. The summed E-state index contributed by atoms with van der Waals surface area (Å²) in [6, 6.07) is 23.3. The molecule has 0 spiro atoms. The van der Waals surface area contributed by atoms with Crippen LogP contribution >= 0.6 is 11.6 Å². The van der Waals surface area contributed by atoms with Gasteiger partial charge in [0.1, 0.15) is 5.75 Å². The lowest BCUT2D eigenvalue weighted by molar-refractivity contribution is -0.143. The third kappa shape index (κ3) is 8.38. The van der Waals surface area contributed by atoms with Crippen molar-refractivity contribution in [2.24, 2.45) is 0 Å². The zero-order valence-electron chi connectivity index (χ0n) is 25.0. The van der Waals surface area contributed by atoms with E-state index in [0.29, 0.717) is 59.3 Å². The monoisotopic (exact) mass is 603 g/mol. The van der Waals surface area contributed by atoms with Crippen molar-refractivity contribution in [3.8, 4) is 5.75 Å². The molecular formula is C34H38ClN3O5. The van der Waals surface area contributed by atoms with Crippen LogP contribution < -0.4 is 10.1 Å². The standard InChI is InChI=1S/C34H38ClN3O5/c1-23(2)43-33(40)30-24(3)36-34(41)38(31(30)27-12-8-13-28(35)22-27)20-9-19-37(4)32(39)26-14-16-29(17-15-26)42-21-18-25-10-6-5-7-11-25/h5-8,10-17,22-23,31H,9,18-21H2,1-4H3,(H,36,41). The predicted octanol–water partition coefficient (Wildman–Crippen LogP) is 6.42. The van der Waals surface area contributed by atoms with E-state index in [-0.39, 0.29) is 18.0 Å². The van der Waals surface area contributed by atoms with E-state index in [9.17, 15) is 14.4 Å². The maximum absolute atomic E-state index is 13.2. The molecule has 0 radical (unpaired) electrons. The number of esters is 1. The number of rotatable bonds is 12. The van der Waals surface area contributed by atoms with E-state index in [1.165, 1.54) is 5.56 Å². The fourth-order valence-corrected chi connectivity index (χ4v) is 5.20.